The van der Waals surface area contributed by atoms with E-state index in [1.54, 1.807) is 13.4 Å². The molecule has 0 bridgehead atoms. The number of fused-ring (bicyclic) bond motifs is 1. The Balaban J connectivity index is 2.02. The zero-order chi connectivity index (χ0) is 13.2. The summed E-state index contributed by atoms with van der Waals surface area (Å²) in [5.41, 5.74) is 2.05. The van der Waals surface area contributed by atoms with Crippen molar-refractivity contribution in [3.05, 3.63) is 35.9 Å². The fraction of sp³-hybridized carbons (Fsp3) is 0.0833. The van der Waals surface area contributed by atoms with Crippen molar-refractivity contribution in [3.8, 4) is 5.75 Å². The van der Waals surface area contributed by atoms with Crippen LogP contribution < -0.4 is 10.1 Å². The molecule has 0 spiro atoms. The maximum absolute atomic E-state index is 5.87. The first kappa shape index (κ1) is 11.7. The van der Waals surface area contributed by atoms with E-state index in [1.807, 2.05) is 24.3 Å². The molecular formula is C12H10ClN5O. The Hall–Kier alpha value is -2.34. The lowest BCUT2D eigenvalue weighted by Gasteiger charge is -2.07. The van der Waals surface area contributed by atoms with E-state index < -0.39 is 0 Å². The van der Waals surface area contributed by atoms with Crippen LogP contribution in [0.5, 0.6) is 5.75 Å². The number of imidazole rings is 1. The van der Waals surface area contributed by atoms with Gasteiger partial charge in [-0.15, -0.1) is 0 Å². The van der Waals surface area contributed by atoms with Gasteiger partial charge in [0.25, 0.3) is 0 Å². The highest BCUT2D eigenvalue weighted by molar-refractivity contribution is 6.28. The van der Waals surface area contributed by atoms with E-state index in [0.717, 1.165) is 11.4 Å². The Morgan fingerprint density at radius 1 is 1.32 bits per heavy atom. The number of anilines is 2. The fourth-order valence-corrected chi connectivity index (χ4v) is 1.90. The Bertz CT molecular complexity index is 727. The number of nitrogens with one attached hydrogen (secondary N) is 2. The number of rotatable bonds is 3. The summed E-state index contributed by atoms with van der Waals surface area (Å²) in [6.45, 7) is 0. The lowest BCUT2D eigenvalue weighted by atomic mass is 10.3. The van der Waals surface area contributed by atoms with Gasteiger partial charge in [-0.3, -0.25) is 0 Å². The van der Waals surface area contributed by atoms with Gasteiger partial charge in [-0.2, -0.15) is 9.97 Å². The molecule has 0 unspecified atom stereocenters. The number of halogens is 1. The van der Waals surface area contributed by atoms with Crippen LogP contribution >= 0.6 is 11.6 Å². The van der Waals surface area contributed by atoms with Gasteiger partial charge in [-0.25, -0.2) is 4.98 Å². The first-order valence-electron chi connectivity index (χ1n) is 5.54. The number of aromatic nitrogens is 4. The lowest BCUT2D eigenvalue weighted by Crippen LogP contribution is -1.97. The molecule has 0 aliphatic heterocycles. The molecule has 7 heteroatoms. The van der Waals surface area contributed by atoms with Gasteiger partial charge in [-0.1, -0.05) is 6.07 Å². The van der Waals surface area contributed by atoms with Gasteiger partial charge in [0.2, 0.25) is 5.28 Å². The van der Waals surface area contributed by atoms with Crippen molar-refractivity contribution in [2.45, 2.75) is 0 Å². The van der Waals surface area contributed by atoms with Crippen molar-refractivity contribution in [3.63, 3.8) is 0 Å². The van der Waals surface area contributed by atoms with Crippen LogP contribution in [-0.2, 0) is 0 Å². The molecule has 2 N–H and O–H groups in total. The Morgan fingerprint density at radius 2 is 2.21 bits per heavy atom. The van der Waals surface area contributed by atoms with Crippen molar-refractivity contribution in [1.29, 1.82) is 0 Å². The number of H-pyrrole nitrogens is 1. The van der Waals surface area contributed by atoms with Crippen LogP contribution in [0.2, 0.25) is 5.28 Å². The maximum Gasteiger partial charge on any atom is 0.226 e. The van der Waals surface area contributed by atoms with Crippen molar-refractivity contribution in [1.82, 2.24) is 19.9 Å². The molecule has 19 heavy (non-hydrogen) atoms. The predicted octanol–water partition coefficient (Wildman–Crippen LogP) is 2.76. The first-order valence-corrected chi connectivity index (χ1v) is 5.92. The summed E-state index contributed by atoms with van der Waals surface area (Å²) in [6.07, 6.45) is 1.55. The zero-order valence-electron chi connectivity index (χ0n) is 10.0. The standard InChI is InChI=1S/C12H10ClN5O/c1-19-8-4-2-3-7(5-8)16-11-9-10(15-6-14-9)17-12(13)18-11/h2-6H,1H3,(H2,14,15,16,17,18). The number of hydrogen-bond donors (Lipinski definition) is 2. The van der Waals surface area contributed by atoms with E-state index in [-0.39, 0.29) is 5.28 Å². The fourth-order valence-electron chi connectivity index (χ4n) is 1.73. The van der Waals surface area contributed by atoms with E-state index >= 15 is 0 Å². The minimum absolute atomic E-state index is 0.155. The first-order chi connectivity index (χ1) is 9.26. The second-order valence-corrected chi connectivity index (χ2v) is 4.14. The monoisotopic (exact) mass is 275 g/mol. The van der Waals surface area contributed by atoms with Crippen molar-refractivity contribution >= 4 is 34.3 Å². The largest absolute Gasteiger partial charge is 0.497 e. The van der Waals surface area contributed by atoms with Gasteiger partial charge in [0, 0.05) is 11.8 Å². The molecule has 0 aliphatic rings. The molecule has 3 aromatic rings. The molecule has 1 aromatic carbocycles. The van der Waals surface area contributed by atoms with Crippen molar-refractivity contribution in [2.24, 2.45) is 0 Å². The summed E-state index contributed by atoms with van der Waals surface area (Å²) >= 11 is 5.87. The van der Waals surface area contributed by atoms with E-state index in [2.05, 4.69) is 25.3 Å². The second kappa shape index (κ2) is 4.74. The summed E-state index contributed by atoms with van der Waals surface area (Å²) < 4.78 is 5.17. The molecule has 0 fully saturated rings. The van der Waals surface area contributed by atoms with E-state index in [0.29, 0.717) is 17.0 Å². The van der Waals surface area contributed by atoms with E-state index in [1.165, 1.54) is 0 Å². The molecule has 0 amide bonds. The minimum Gasteiger partial charge on any atom is -0.497 e. The summed E-state index contributed by atoms with van der Waals surface area (Å²) in [7, 11) is 1.62. The average molecular weight is 276 g/mol. The van der Waals surface area contributed by atoms with E-state index in [9.17, 15) is 0 Å². The van der Waals surface area contributed by atoms with Gasteiger partial charge < -0.3 is 15.0 Å². The number of aromatic amines is 1. The van der Waals surface area contributed by atoms with Crippen LogP contribution in [-0.4, -0.2) is 27.0 Å². The molecule has 2 heterocycles. The molecule has 0 atom stereocenters. The summed E-state index contributed by atoms with van der Waals surface area (Å²) in [4.78, 5) is 15.3. The summed E-state index contributed by atoms with van der Waals surface area (Å²) in [5.74, 6) is 1.30. The Labute approximate surface area is 113 Å². The third kappa shape index (κ3) is 2.30. The number of benzene rings is 1. The third-order valence-corrected chi connectivity index (χ3v) is 2.75. The van der Waals surface area contributed by atoms with Crippen LogP contribution in [0.25, 0.3) is 11.2 Å². The highest BCUT2D eigenvalue weighted by Gasteiger charge is 2.09. The van der Waals surface area contributed by atoms with Crippen LogP contribution in [0.1, 0.15) is 0 Å². The number of nitrogens with zero attached hydrogens (tertiary/aromatic N) is 3. The van der Waals surface area contributed by atoms with Gasteiger partial charge in [0.05, 0.1) is 13.4 Å². The van der Waals surface area contributed by atoms with Crippen LogP contribution in [0.4, 0.5) is 11.5 Å². The van der Waals surface area contributed by atoms with Crippen LogP contribution in [0, 0.1) is 0 Å². The summed E-state index contributed by atoms with van der Waals surface area (Å²) in [6, 6.07) is 7.50. The van der Waals surface area contributed by atoms with Gasteiger partial charge in [0.15, 0.2) is 17.0 Å². The average Bonchev–Trinajstić information content (AvgIpc) is 2.87. The Morgan fingerprint density at radius 3 is 3.05 bits per heavy atom. The van der Waals surface area contributed by atoms with Crippen molar-refractivity contribution < 1.29 is 4.74 Å². The highest BCUT2D eigenvalue weighted by atomic mass is 35.5. The third-order valence-electron chi connectivity index (χ3n) is 2.58. The molecule has 2 aromatic heterocycles. The zero-order valence-corrected chi connectivity index (χ0v) is 10.8. The molecule has 3 rings (SSSR count). The number of methoxy groups -OCH3 is 1. The molecule has 0 aliphatic carbocycles. The van der Waals surface area contributed by atoms with Gasteiger partial charge >= 0.3 is 0 Å². The SMILES string of the molecule is COc1cccc(Nc2nc(Cl)nc3[nH]cnc23)c1. The highest BCUT2D eigenvalue weighted by Crippen LogP contribution is 2.24. The molecule has 6 nitrogen and oxygen atoms in total. The van der Waals surface area contributed by atoms with Gasteiger partial charge in [0.1, 0.15) is 5.75 Å². The smallest absolute Gasteiger partial charge is 0.226 e. The molecule has 0 saturated carbocycles. The second-order valence-electron chi connectivity index (χ2n) is 3.80. The van der Waals surface area contributed by atoms with Crippen LogP contribution in [0.3, 0.4) is 0 Å². The topological polar surface area (TPSA) is 75.7 Å². The molecule has 0 saturated heterocycles. The number of ether oxygens (including phenoxy) is 1. The summed E-state index contributed by atoms with van der Waals surface area (Å²) in [5, 5.41) is 3.31. The normalized spacial score (nSPS) is 10.6. The van der Waals surface area contributed by atoms with Crippen molar-refractivity contribution in [2.75, 3.05) is 12.4 Å². The van der Waals surface area contributed by atoms with Gasteiger partial charge in [-0.05, 0) is 23.7 Å². The quantitative estimate of drug-likeness (QED) is 0.719. The lowest BCUT2D eigenvalue weighted by molar-refractivity contribution is 0.415. The van der Waals surface area contributed by atoms with E-state index in [4.69, 9.17) is 16.3 Å². The number of hydrogen-bond acceptors (Lipinski definition) is 5. The molecule has 96 valence electrons. The molecular weight excluding hydrogens is 266 g/mol. The predicted molar refractivity (Wildman–Crippen MR) is 73.0 cm³/mol. The molecule has 0 radical (unpaired) electrons. The maximum atomic E-state index is 5.87. The minimum atomic E-state index is 0.155. The Kier molecular flexibility index (Phi) is 2.92. The van der Waals surface area contributed by atoms with Crippen LogP contribution in [0.15, 0.2) is 30.6 Å².